The van der Waals surface area contributed by atoms with Crippen molar-refractivity contribution in [3.8, 4) is 5.75 Å². The third-order valence-electron chi connectivity index (χ3n) is 5.11. The van der Waals surface area contributed by atoms with Crippen molar-refractivity contribution in [1.29, 1.82) is 0 Å². The number of nitrogens with zero attached hydrogens (tertiary/aromatic N) is 2. The highest BCUT2D eigenvalue weighted by Gasteiger charge is 2.42. The lowest BCUT2D eigenvalue weighted by Gasteiger charge is -2.22. The molecule has 0 saturated heterocycles. The summed E-state index contributed by atoms with van der Waals surface area (Å²) in [5.41, 5.74) is 0.984. The molecule has 1 heterocycles. The average Bonchev–Trinajstić information content (AvgIpc) is 3.02. The fourth-order valence-electron chi connectivity index (χ4n) is 3.29. The Hall–Kier alpha value is -3.10. The SMILES string of the molecule is CCOc1ccc(CN(C)C(=O)COC(=O)C(C)N2C(=O)c3cc(Cl)c(Cl)cc3C2=O)cc1. The molecule has 0 spiro atoms. The molecule has 3 rings (SSSR count). The van der Waals surface area contributed by atoms with Crippen LogP contribution >= 0.6 is 23.2 Å². The van der Waals surface area contributed by atoms with Gasteiger partial charge in [-0.25, -0.2) is 4.79 Å². The van der Waals surface area contributed by atoms with Gasteiger partial charge < -0.3 is 14.4 Å². The van der Waals surface area contributed by atoms with E-state index in [9.17, 15) is 19.2 Å². The van der Waals surface area contributed by atoms with Crippen molar-refractivity contribution in [3.05, 3.63) is 63.1 Å². The molecule has 0 bridgehead atoms. The van der Waals surface area contributed by atoms with Crippen LogP contribution in [-0.2, 0) is 20.9 Å². The smallest absolute Gasteiger partial charge is 0.329 e. The van der Waals surface area contributed by atoms with Gasteiger partial charge in [-0.1, -0.05) is 35.3 Å². The summed E-state index contributed by atoms with van der Waals surface area (Å²) < 4.78 is 10.5. The number of carbonyl (C=O) groups is 4. The molecular weight excluding hydrogens is 471 g/mol. The Morgan fingerprint density at radius 3 is 2.09 bits per heavy atom. The lowest BCUT2D eigenvalue weighted by atomic mass is 10.1. The van der Waals surface area contributed by atoms with Crippen molar-refractivity contribution < 1.29 is 28.7 Å². The highest BCUT2D eigenvalue weighted by molar-refractivity contribution is 6.43. The number of halogens is 2. The maximum absolute atomic E-state index is 12.6. The van der Waals surface area contributed by atoms with Crippen LogP contribution in [0.2, 0.25) is 10.0 Å². The van der Waals surface area contributed by atoms with E-state index in [1.54, 1.807) is 19.2 Å². The van der Waals surface area contributed by atoms with E-state index in [0.29, 0.717) is 13.2 Å². The molecule has 1 atom stereocenters. The predicted molar refractivity (Wildman–Crippen MR) is 121 cm³/mol. The lowest BCUT2D eigenvalue weighted by Crippen LogP contribution is -2.44. The first kappa shape index (κ1) is 24.5. The van der Waals surface area contributed by atoms with Gasteiger partial charge in [-0.3, -0.25) is 19.3 Å². The predicted octanol–water partition coefficient (Wildman–Crippen LogP) is 3.58. The Balaban J connectivity index is 1.57. The summed E-state index contributed by atoms with van der Waals surface area (Å²) in [4.78, 5) is 52.3. The number of ether oxygens (including phenoxy) is 2. The Bertz CT molecular complexity index is 1060. The van der Waals surface area contributed by atoms with E-state index in [4.69, 9.17) is 32.7 Å². The van der Waals surface area contributed by atoms with Crippen molar-refractivity contribution in [1.82, 2.24) is 9.80 Å². The number of likely N-dealkylation sites (N-methyl/N-ethyl adjacent to an activating group) is 1. The maximum atomic E-state index is 12.6. The van der Waals surface area contributed by atoms with Crippen LogP contribution in [0.1, 0.15) is 40.1 Å². The molecule has 2 aromatic carbocycles. The molecule has 1 aliphatic rings. The Morgan fingerprint density at radius 1 is 1.03 bits per heavy atom. The highest BCUT2D eigenvalue weighted by atomic mass is 35.5. The first-order valence-electron chi connectivity index (χ1n) is 10.1. The van der Waals surface area contributed by atoms with Gasteiger partial charge in [0.2, 0.25) is 0 Å². The zero-order valence-corrected chi connectivity index (χ0v) is 19.8. The lowest BCUT2D eigenvalue weighted by molar-refractivity contribution is -0.154. The molecule has 0 fully saturated rings. The fraction of sp³-hybridized carbons (Fsp3) is 0.304. The van der Waals surface area contributed by atoms with E-state index in [0.717, 1.165) is 16.2 Å². The minimum absolute atomic E-state index is 0.0558. The Kier molecular flexibility index (Phi) is 7.61. The largest absolute Gasteiger partial charge is 0.494 e. The Labute approximate surface area is 200 Å². The van der Waals surface area contributed by atoms with Crippen LogP contribution in [0.5, 0.6) is 5.75 Å². The van der Waals surface area contributed by atoms with Gasteiger partial charge in [0.1, 0.15) is 11.8 Å². The van der Waals surface area contributed by atoms with Crippen molar-refractivity contribution in [2.24, 2.45) is 0 Å². The number of benzene rings is 2. The molecule has 2 aromatic rings. The van der Waals surface area contributed by atoms with Gasteiger partial charge in [0.25, 0.3) is 17.7 Å². The number of fused-ring (bicyclic) bond motifs is 1. The molecule has 0 saturated carbocycles. The number of rotatable bonds is 8. The molecule has 1 unspecified atom stereocenters. The normalized spacial score (nSPS) is 13.5. The van der Waals surface area contributed by atoms with Crippen LogP contribution in [0.15, 0.2) is 36.4 Å². The molecule has 10 heteroatoms. The summed E-state index contributed by atoms with van der Waals surface area (Å²) in [6, 6.07) is 8.63. The average molecular weight is 493 g/mol. The van der Waals surface area contributed by atoms with Crippen LogP contribution < -0.4 is 4.74 Å². The molecule has 8 nitrogen and oxygen atoms in total. The summed E-state index contributed by atoms with van der Waals surface area (Å²) >= 11 is 11.9. The summed E-state index contributed by atoms with van der Waals surface area (Å²) in [7, 11) is 1.58. The van der Waals surface area contributed by atoms with Crippen LogP contribution in [0.3, 0.4) is 0 Å². The monoisotopic (exact) mass is 492 g/mol. The third-order valence-corrected chi connectivity index (χ3v) is 5.83. The number of carbonyl (C=O) groups excluding carboxylic acids is 4. The summed E-state index contributed by atoms with van der Waals surface area (Å²) in [6.45, 7) is 3.57. The van der Waals surface area contributed by atoms with Gasteiger partial charge >= 0.3 is 5.97 Å². The first-order valence-corrected chi connectivity index (χ1v) is 10.9. The van der Waals surface area contributed by atoms with E-state index in [-0.39, 0.29) is 21.2 Å². The first-order chi connectivity index (χ1) is 15.6. The number of hydrogen-bond acceptors (Lipinski definition) is 6. The molecule has 1 aliphatic heterocycles. The molecule has 0 aliphatic carbocycles. The van der Waals surface area contributed by atoms with Crippen LogP contribution in [0, 0.1) is 0 Å². The second-order valence-electron chi connectivity index (χ2n) is 7.40. The van der Waals surface area contributed by atoms with Gasteiger partial charge in [0.15, 0.2) is 6.61 Å². The third kappa shape index (κ3) is 5.29. The second-order valence-corrected chi connectivity index (χ2v) is 8.22. The van der Waals surface area contributed by atoms with E-state index in [1.165, 1.54) is 24.0 Å². The van der Waals surface area contributed by atoms with E-state index >= 15 is 0 Å². The van der Waals surface area contributed by atoms with Crippen molar-refractivity contribution in [2.45, 2.75) is 26.4 Å². The number of imide groups is 1. The molecule has 3 amide bonds. The quantitative estimate of drug-likeness (QED) is 0.413. The highest BCUT2D eigenvalue weighted by Crippen LogP contribution is 2.32. The zero-order chi connectivity index (χ0) is 24.3. The number of esters is 1. The molecule has 174 valence electrons. The van der Waals surface area contributed by atoms with E-state index in [1.807, 2.05) is 19.1 Å². The van der Waals surface area contributed by atoms with Gasteiger partial charge in [0.05, 0.1) is 27.8 Å². The van der Waals surface area contributed by atoms with Crippen molar-refractivity contribution in [2.75, 3.05) is 20.3 Å². The minimum Gasteiger partial charge on any atom is -0.494 e. The summed E-state index contributed by atoms with van der Waals surface area (Å²) in [5.74, 6) is -1.96. The maximum Gasteiger partial charge on any atom is 0.329 e. The second kappa shape index (κ2) is 10.2. The number of hydrogen-bond donors (Lipinski definition) is 0. The van der Waals surface area contributed by atoms with Crippen LogP contribution in [0.25, 0.3) is 0 Å². The van der Waals surface area contributed by atoms with Gasteiger partial charge in [0, 0.05) is 13.6 Å². The van der Waals surface area contributed by atoms with Crippen molar-refractivity contribution >= 4 is 46.9 Å². The molecule has 0 aromatic heterocycles. The van der Waals surface area contributed by atoms with Gasteiger partial charge in [-0.15, -0.1) is 0 Å². The number of amides is 3. The van der Waals surface area contributed by atoms with Gasteiger partial charge in [-0.05, 0) is 43.7 Å². The van der Waals surface area contributed by atoms with Crippen LogP contribution in [0.4, 0.5) is 0 Å². The molecule has 33 heavy (non-hydrogen) atoms. The van der Waals surface area contributed by atoms with Crippen molar-refractivity contribution in [3.63, 3.8) is 0 Å². The van der Waals surface area contributed by atoms with E-state index in [2.05, 4.69) is 0 Å². The zero-order valence-electron chi connectivity index (χ0n) is 18.3. The fourth-order valence-corrected chi connectivity index (χ4v) is 3.62. The Morgan fingerprint density at radius 2 is 1.58 bits per heavy atom. The summed E-state index contributed by atoms with van der Waals surface area (Å²) in [6.07, 6.45) is 0. The standard InChI is InChI=1S/C23H22Cl2N2O6/c1-4-32-15-7-5-14(6-8-15)11-26(3)20(28)12-33-23(31)13(2)27-21(29)16-9-18(24)19(25)10-17(16)22(27)30/h5-10,13H,4,11-12H2,1-3H3. The molecule has 0 N–H and O–H groups in total. The molecule has 0 radical (unpaired) electrons. The minimum atomic E-state index is -1.24. The topological polar surface area (TPSA) is 93.2 Å². The van der Waals surface area contributed by atoms with Crippen LogP contribution in [-0.4, -0.2) is 59.8 Å². The van der Waals surface area contributed by atoms with Gasteiger partial charge in [-0.2, -0.15) is 0 Å². The molecular formula is C23H22Cl2N2O6. The van der Waals surface area contributed by atoms with E-state index < -0.39 is 36.3 Å². The summed E-state index contributed by atoms with van der Waals surface area (Å²) in [5, 5.41) is 0.240.